The number of carbonyl (C=O) groups excluding carboxylic acids is 1. The maximum atomic E-state index is 11.4. The number of esters is 1. The Bertz CT molecular complexity index is 364. The molecule has 0 radical (unpaired) electrons. The van der Waals surface area contributed by atoms with Gasteiger partial charge in [-0.25, -0.2) is 0 Å². The van der Waals surface area contributed by atoms with Crippen molar-refractivity contribution in [1.29, 1.82) is 5.26 Å². The highest BCUT2D eigenvalue weighted by atomic mass is 16.6. The Kier molecular flexibility index (Phi) is 6.43. The predicted molar refractivity (Wildman–Crippen MR) is 59.7 cm³/mol. The summed E-state index contributed by atoms with van der Waals surface area (Å²) in [4.78, 5) is 21.6. The van der Waals surface area contributed by atoms with Gasteiger partial charge < -0.3 is 9.84 Å². The van der Waals surface area contributed by atoms with Crippen LogP contribution in [0.2, 0.25) is 0 Å². The van der Waals surface area contributed by atoms with Crippen LogP contribution < -0.4 is 0 Å². The first-order valence-electron chi connectivity index (χ1n) is 5.22. The van der Waals surface area contributed by atoms with Crippen LogP contribution in [0.15, 0.2) is 0 Å². The second-order valence-electron chi connectivity index (χ2n) is 3.75. The van der Waals surface area contributed by atoms with Gasteiger partial charge in [-0.05, 0) is 13.3 Å². The van der Waals surface area contributed by atoms with Crippen molar-refractivity contribution in [2.75, 3.05) is 0 Å². The van der Waals surface area contributed by atoms with E-state index in [-0.39, 0.29) is 32.1 Å². The number of nitrogens with zero attached hydrogens (tertiary/aromatic N) is 1. The van der Waals surface area contributed by atoms with Crippen LogP contribution in [-0.4, -0.2) is 22.6 Å². The third-order valence-electron chi connectivity index (χ3n) is 2.13. The molecular weight excluding hydrogens is 222 g/mol. The van der Waals surface area contributed by atoms with E-state index in [4.69, 9.17) is 21.5 Å². The molecule has 0 aliphatic rings. The van der Waals surface area contributed by atoms with Gasteiger partial charge in [-0.2, -0.15) is 5.26 Å². The summed E-state index contributed by atoms with van der Waals surface area (Å²) in [5.74, 6) is 0.839. The molecule has 0 aromatic heterocycles. The molecule has 1 N–H and O–H groups in total. The molecule has 0 heterocycles. The summed E-state index contributed by atoms with van der Waals surface area (Å²) in [6.45, 7) is 1.55. The van der Waals surface area contributed by atoms with Gasteiger partial charge in [0.15, 0.2) is 5.60 Å². The van der Waals surface area contributed by atoms with Gasteiger partial charge >= 0.3 is 11.9 Å². The molecule has 0 bridgehead atoms. The number of ether oxygens (including phenoxy) is 1. The Labute approximate surface area is 100 Å². The zero-order valence-corrected chi connectivity index (χ0v) is 9.73. The molecule has 0 fully saturated rings. The van der Waals surface area contributed by atoms with E-state index in [0.29, 0.717) is 0 Å². The van der Waals surface area contributed by atoms with Crippen molar-refractivity contribution < 1.29 is 19.4 Å². The lowest BCUT2D eigenvalue weighted by molar-refractivity contribution is -0.153. The number of carboxylic acid groups (broad SMARTS) is 1. The van der Waals surface area contributed by atoms with Crippen LogP contribution in [-0.2, 0) is 14.3 Å². The fourth-order valence-corrected chi connectivity index (χ4v) is 1.13. The van der Waals surface area contributed by atoms with E-state index in [1.54, 1.807) is 6.92 Å². The maximum Gasteiger partial charge on any atom is 0.307 e. The number of nitriles is 1. The highest BCUT2D eigenvalue weighted by molar-refractivity contribution is 5.72. The van der Waals surface area contributed by atoms with Gasteiger partial charge in [0.05, 0.1) is 6.07 Å². The van der Waals surface area contributed by atoms with Gasteiger partial charge in [0, 0.05) is 25.7 Å². The molecule has 0 rings (SSSR count). The number of aliphatic carboxylic acids is 1. The van der Waals surface area contributed by atoms with Gasteiger partial charge in [0.1, 0.15) is 0 Å². The highest BCUT2D eigenvalue weighted by Gasteiger charge is 2.25. The SMILES string of the molecule is C#CC(C)(CCC#N)OC(=O)CCCC(=O)O. The molecule has 0 aliphatic heterocycles. The van der Waals surface area contributed by atoms with Crippen LogP contribution in [0.4, 0.5) is 0 Å². The third kappa shape index (κ3) is 6.97. The van der Waals surface area contributed by atoms with Crippen LogP contribution in [0, 0.1) is 23.7 Å². The first-order chi connectivity index (χ1) is 7.93. The third-order valence-corrected chi connectivity index (χ3v) is 2.13. The molecule has 0 aromatic rings. The summed E-state index contributed by atoms with van der Waals surface area (Å²) in [7, 11) is 0. The molecule has 0 saturated carbocycles. The average molecular weight is 237 g/mol. The summed E-state index contributed by atoms with van der Waals surface area (Å²) < 4.78 is 5.05. The Morgan fingerprint density at radius 1 is 1.47 bits per heavy atom. The van der Waals surface area contributed by atoms with Gasteiger partial charge in [-0.3, -0.25) is 9.59 Å². The quantitative estimate of drug-likeness (QED) is 0.535. The summed E-state index contributed by atoms with van der Waals surface area (Å²) in [6, 6.07) is 1.92. The largest absolute Gasteiger partial charge is 0.481 e. The number of rotatable bonds is 7. The van der Waals surface area contributed by atoms with Gasteiger partial charge in [0.25, 0.3) is 0 Å². The summed E-state index contributed by atoms with van der Waals surface area (Å²) in [5.41, 5.74) is -1.09. The molecule has 1 unspecified atom stereocenters. The van der Waals surface area contributed by atoms with Crippen LogP contribution in [0.5, 0.6) is 0 Å². The van der Waals surface area contributed by atoms with Gasteiger partial charge in [-0.1, -0.05) is 5.92 Å². The lowest BCUT2D eigenvalue weighted by Crippen LogP contribution is -2.29. The molecule has 0 saturated heterocycles. The van der Waals surface area contributed by atoms with Crippen molar-refractivity contribution >= 4 is 11.9 Å². The van der Waals surface area contributed by atoms with Crippen molar-refractivity contribution in [1.82, 2.24) is 0 Å². The average Bonchev–Trinajstić information content (AvgIpc) is 2.26. The maximum absolute atomic E-state index is 11.4. The summed E-state index contributed by atoms with van der Waals surface area (Å²) in [6.07, 6.45) is 5.85. The minimum atomic E-state index is -1.09. The lowest BCUT2D eigenvalue weighted by Gasteiger charge is -2.22. The van der Waals surface area contributed by atoms with Crippen LogP contribution in [0.25, 0.3) is 0 Å². The molecule has 0 aromatic carbocycles. The second kappa shape index (κ2) is 7.29. The zero-order valence-electron chi connectivity index (χ0n) is 9.73. The van der Waals surface area contributed by atoms with E-state index in [1.807, 2.05) is 6.07 Å². The number of terminal acetylenes is 1. The van der Waals surface area contributed by atoms with E-state index in [0.717, 1.165) is 0 Å². The fourth-order valence-electron chi connectivity index (χ4n) is 1.13. The fraction of sp³-hybridized carbons (Fsp3) is 0.583. The van der Waals surface area contributed by atoms with Crippen LogP contribution in [0.3, 0.4) is 0 Å². The molecule has 0 aliphatic carbocycles. The van der Waals surface area contributed by atoms with Crippen molar-refractivity contribution in [2.45, 2.75) is 44.6 Å². The minimum absolute atomic E-state index is 0.0100. The number of carboxylic acids is 1. The first-order valence-corrected chi connectivity index (χ1v) is 5.22. The van der Waals surface area contributed by atoms with Gasteiger partial charge in [-0.15, -0.1) is 6.42 Å². The van der Waals surface area contributed by atoms with E-state index in [2.05, 4.69) is 5.92 Å². The van der Waals surface area contributed by atoms with Crippen molar-refractivity contribution in [3.8, 4) is 18.4 Å². The Balaban J connectivity index is 4.11. The molecule has 17 heavy (non-hydrogen) atoms. The van der Waals surface area contributed by atoms with Gasteiger partial charge in [0.2, 0.25) is 0 Å². The smallest absolute Gasteiger partial charge is 0.307 e. The van der Waals surface area contributed by atoms with Crippen molar-refractivity contribution in [2.24, 2.45) is 0 Å². The molecule has 1 atom stereocenters. The minimum Gasteiger partial charge on any atom is -0.481 e. The number of hydrogen-bond donors (Lipinski definition) is 1. The Hall–Kier alpha value is -2.01. The molecule has 0 amide bonds. The second-order valence-corrected chi connectivity index (χ2v) is 3.75. The monoisotopic (exact) mass is 237 g/mol. The topological polar surface area (TPSA) is 87.4 Å². The molecule has 92 valence electrons. The van der Waals surface area contributed by atoms with E-state index >= 15 is 0 Å². The zero-order chi connectivity index (χ0) is 13.3. The number of carbonyl (C=O) groups is 2. The van der Waals surface area contributed by atoms with E-state index in [9.17, 15) is 9.59 Å². The normalized spacial score (nSPS) is 12.9. The Morgan fingerprint density at radius 2 is 2.12 bits per heavy atom. The highest BCUT2D eigenvalue weighted by Crippen LogP contribution is 2.17. The molecule has 0 spiro atoms. The standard InChI is InChI=1S/C12H15NO4/c1-3-12(2,8-5-9-13)17-11(16)7-4-6-10(14)15/h1H,4-8H2,2H3,(H,14,15). The number of hydrogen-bond acceptors (Lipinski definition) is 4. The lowest BCUT2D eigenvalue weighted by atomic mass is 10.0. The summed E-state index contributed by atoms with van der Waals surface area (Å²) >= 11 is 0. The summed E-state index contributed by atoms with van der Waals surface area (Å²) in [5, 5.41) is 16.8. The van der Waals surface area contributed by atoms with Crippen molar-refractivity contribution in [3.63, 3.8) is 0 Å². The van der Waals surface area contributed by atoms with E-state index in [1.165, 1.54) is 0 Å². The van der Waals surface area contributed by atoms with E-state index < -0.39 is 17.5 Å². The Morgan fingerprint density at radius 3 is 2.59 bits per heavy atom. The molecular formula is C12H15NO4. The molecule has 5 heteroatoms. The first kappa shape index (κ1) is 15.0. The van der Waals surface area contributed by atoms with Crippen molar-refractivity contribution in [3.05, 3.63) is 0 Å². The predicted octanol–water partition coefficient (Wildman–Crippen LogP) is 1.48. The van der Waals surface area contributed by atoms with Crippen LogP contribution >= 0.6 is 0 Å². The van der Waals surface area contributed by atoms with Crippen LogP contribution in [0.1, 0.15) is 39.0 Å². The molecule has 5 nitrogen and oxygen atoms in total.